The zero-order chi connectivity index (χ0) is 7.82. The summed E-state index contributed by atoms with van der Waals surface area (Å²) >= 11 is 0. The summed E-state index contributed by atoms with van der Waals surface area (Å²) in [6, 6.07) is 2.09. The molecule has 0 fully saturated rings. The van der Waals surface area contributed by atoms with Crippen molar-refractivity contribution in [3.8, 4) is 17.9 Å². The van der Waals surface area contributed by atoms with Gasteiger partial charge in [-0.1, -0.05) is 13.8 Å². The molecule has 0 amide bonds. The number of unbranched alkanes of at least 4 members (excludes halogenated alkanes) is 2. The zero-order valence-corrected chi connectivity index (χ0v) is 6.65. The van der Waals surface area contributed by atoms with Gasteiger partial charge < -0.3 is 0 Å². The van der Waals surface area contributed by atoms with Crippen LogP contribution in [0.5, 0.6) is 0 Å². The summed E-state index contributed by atoms with van der Waals surface area (Å²) in [5.74, 6) is 6.52. The highest BCUT2D eigenvalue weighted by Crippen LogP contribution is 1.92. The van der Waals surface area contributed by atoms with Crippen molar-refractivity contribution in [2.75, 3.05) is 0 Å². The van der Waals surface area contributed by atoms with Crippen molar-refractivity contribution in [2.45, 2.75) is 33.1 Å². The van der Waals surface area contributed by atoms with Gasteiger partial charge in [0.2, 0.25) is 0 Å². The summed E-state index contributed by atoms with van der Waals surface area (Å²) in [6.45, 7) is 4.13. The Morgan fingerprint density at radius 2 is 2.00 bits per heavy atom. The smallest absolute Gasteiger partial charge is 0.0622 e. The van der Waals surface area contributed by atoms with Crippen LogP contribution in [0, 0.1) is 29.1 Å². The van der Waals surface area contributed by atoms with Gasteiger partial charge in [0.1, 0.15) is 0 Å². The molecule has 54 valence electrons. The third-order valence-electron chi connectivity index (χ3n) is 0.981. The molecule has 0 aliphatic heterocycles. The molecule has 1 heteroatoms. The first kappa shape index (κ1) is 9.05. The highest BCUT2D eigenvalue weighted by molar-refractivity contribution is 5.01. The lowest BCUT2D eigenvalue weighted by molar-refractivity contribution is 0.853. The summed E-state index contributed by atoms with van der Waals surface area (Å²) in [5.41, 5.74) is 0. The summed E-state index contributed by atoms with van der Waals surface area (Å²) in [6.07, 6.45) is 2.41. The van der Waals surface area contributed by atoms with Crippen LogP contribution in [0.4, 0.5) is 0 Å². The molecule has 1 nitrogen and oxygen atoms in total. The van der Waals surface area contributed by atoms with E-state index in [2.05, 4.69) is 31.8 Å². The summed E-state index contributed by atoms with van der Waals surface area (Å²) in [4.78, 5) is 0. The van der Waals surface area contributed by atoms with Gasteiger partial charge in [0.25, 0.3) is 0 Å². The van der Waals surface area contributed by atoms with Crippen molar-refractivity contribution >= 4 is 0 Å². The lowest BCUT2D eigenvalue weighted by Gasteiger charge is -1.86. The molecule has 0 aromatic heterocycles. The summed E-state index contributed by atoms with van der Waals surface area (Å²) < 4.78 is 0. The first-order chi connectivity index (χ1) is 4.77. The van der Waals surface area contributed by atoms with E-state index < -0.39 is 0 Å². The van der Waals surface area contributed by atoms with Crippen molar-refractivity contribution in [1.82, 2.24) is 0 Å². The Labute approximate surface area is 63.1 Å². The van der Waals surface area contributed by atoms with Gasteiger partial charge in [0.15, 0.2) is 0 Å². The monoisotopic (exact) mass is 135 g/mol. The van der Waals surface area contributed by atoms with E-state index in [-0.39, 0.29) is 0 Å². The van der Waals surface area contributed by atoms with Crippen molar-refractivity contribution in [3.05, 3.63) is 0 Å². The van der Waals surface area contributed by atoms with Crippen LogP contribution in [0.3, 0.4) is 0 Å². The molecule has 0 aliphatic rings. The second-order valence-corrected chi connectivity index (χ2v) is 2.49. The molecule has 10 heavy (non-hydrogen) atoms. The topological polar surface area (TPSA) is 23.8 Å². The van der Waals surface area contributed by atoms with E-state index in [0.29, 0.717) is 12.3 Å². The number of hydrogen-bond donors (Lipinski definition) is 0. The van der Waals surface area contributed by atoms with Crippen LogP contribution >= 0.6 is 0 Å². The Balaban J connectivity index is 3.22. The highest BCUT2D eigenvalue weighted by Gasteiger charge is 1.82. The average Bonchev–Trinajstić information content (AvgIpc) is 1.87. The van der Waals surface area contributed by atoms with Crippen molar-refractivity contribution < 1.29 is 0 Å². The maximum atomic E-state index is 8.18. The number of hydrogen-bond acceptors (Lipinski definition) is 1. The summed E-state index contributed by atoms with van der Waals surface area (Å²) in [5, 5.41) is 8.18. The lowest BCUT2D eigenvalue weighted by atomic mass is 10.2. The minimum absolute atomic E-state index is 0.460. The molecule has 0 atom stereocenters. The Bertz CT molecular complexity index is 163. The fraction of sp³-hybridized carbons (Fsp3) is 0.667. The fourth-order valence-corrected chi connectivity index (χ4v) is 0.532. The minimum Gasteiger partial charge on any atom is -0.198 e. The Kier molecular flexibility index (Phi) is 5.59. The fourth-order valence-electron chi connectivity index (χ4n) is 0.532. The van der Waals surface area contributed by atoms with E-state index in [1.54, 1.807) is 0 Å². The average molecular weight is 135 g/mol. The number of nitrogens with zero attached hydrogens (tertiary/aromatic N) is 1. The van der Waals surface area contributed by atoms with Crippen molar-refractivity contribution in [2.24, 2.45) is 5.92 Å². The van der Waals surface area contributed by atoms with E-state index >= 15 is 0 Å². The van der Waals surface area contributed by atoms with Crippen LogP contribution in [0.2, 0.25) is 0 Å². The molecule has 0 spiro atoms. The van der Waals surface area contributed by atoms with Crippen molar-refractivity contribution in [1.29, 1.82) is 5.26 Å². The van der Waals surface area contributed by atoms with Gasteiger partial charge in [-0.25, -0.2) is 0 Å². The van der Waals surface area contributed by atoms with Crippen molar-refractivity contribution in [3.63, 3.8) is 0 Å². The van der Waals surface area contributed by atoms with E-state index in [1.165, 1.54) is 0 Å². The lowest BCUT2D eigenvalue weighted by Crippen LogP contribution is -1.77. The van der Waals surface area contributed by atoms with Crippen LogP contribution < -0.4 is 0 Å². The predicted molar refractivity (Wildman–Crippen MR) is 42.1 cm³/mol. The van der Waals surface area contributed by atoms with E-state index in [9.17, 15) is 0 Å². The van der Waals surface area contributed by atoms with Crippen LogP contribution in [0.15, 0.2) is 0 Å². The third-order valence-corrected chi connectivity index (χ3v) is 0.981. The Morgan fingerprint density at radius 1 is 1.30 bits per heavy atom. The molecular formula is C9H13N. The van der Waals surface area contributed by atoms with Gasteiger partial charge in [-0.3, -0.25) is 0 Å². The first-order valence-electron chi connectivity index (χ1n) is 3.62. The molecule has 0 radical (unpaired) electrons. The van der Waals surface area contributed by atoms with E-state index in [4.69, 9.17) is 5.26 Å². The molecular weight excluding hydrogens is 122 g/mol. The molecule has 0 saturated heterocycles. The van der Waals surface area contributed by atoms with Gasteiger partial charge in [-0.2, -0.15) is 5.26 Å². The molecule has 0 saturated carbocycles. The van der Waals surface area contributed by atoms with Crippen LogP contribution in [-0.4, -0.2) is 0 Å². The Morgan fingerprint density at radius 3 is 2.50 bits per heavy atom. The predicted octanol–water partition coefficient (Wildman–Crippen LogP) is 2.34. The molecule has 0 heterocycles. The van der Waals surface area contributed by atoms with Gasteiger partial charge >= 0.3 is 0 Å². The molecule has 0 rings (SSSR count). The van der Waals surface area contributed by atoms with Gasteiger partial charge in [0.05, 0.1) is 6.07 Å². The zero-order valence-electron chi connectivity index (χ0n) is 6.65. The Hall–Kier alpha value is -0.950. The quantitative estimate of drug-likeness (QED) is 0.421. The largest absolute Gasteiger partial charge is 0.198 e. The van der Waals surface area contributed by atoms with Crippen LogP contribution in [-0.2, 0) is 0 Å². The standard InChI is InChI=1S/C9H13N/c1-9(2)7-5-3-4-6-8-10/h9H,3-4,6H2,1-2H3. The normalized spacial score (nSPS) is 8.20. The second kappa shape index (κ2) is 6.17. The maximum Gasteiger partial charge on any atom is 0.0622 e. The highest BCUT2D eigenvalue weighted by atomic mass is 14.2. The molecule has 0 aromatic carbocycles. The number of rotatable bonds is 2. The summed E-state index contributed by atoms with van der Waals surface area (Å²) in [7, 11) is 0. The molecule has 0 aliphatic carbocycles. The maximum absolute atomic E-state index is 8.18. The SMILES string of the molecule is CC(C)C#CCCCC#N. The van der Waals surface area contributed by atoms with Gasteiger partial charge in [0, 0.05) is 18.8 Å². The van der Waals surface area contributed by atoms with Gasteiger partial charge in [-0.15, -0.1) is 11.8 Å². The first-order valence-corrected chi connectivity index (χ1v) is 3.62. The van der Waals surface area contributed by atoms with Crippen LogP contribution in [0.1, 0.15) is 33.1 Å². The second-order valence-electron chi connectivity index (χ2n) is 2.49. The van der Waals surface area contributed by atoms with Gasteiger partial charge in [-0.05, 0) is 6.42 Å². The minimum atomic E-state index is 0.460. The third kappa shape index (κ3) is 7.05. The van der Waals surface area contributed by atoms with E-state index in [1.807, 2.05) is 0 Å². The number of nitriles is 1. The van der Waals surface area contributed by atoms with Crippen LogP contribution in [0.25, 0.3) is 0 Å². The molecule has 0 bridgehead atoms. The molecule has 0 unspecified atom stereocenters. The van der Waals surface area contributed by atoms with E-state index in [0.717, 1.165) is 12.8 Å². The molecule has 0 aromatic rings. The molecule has 0 N–H and O–H groups in total.